The molecule has 0 aromatic heterocycles. The first-order valence-corrected chi connectivity index (χ1v) is 5.49. The highest BCUT2D eigenvalue weighted by Crippen LogP contribution is 2.12. The molecule has 1 atom stereocenters. The van der Waals surface area contributed by atoms with E-state index in [4.69, 9.17) is 10.00 Å². The molecule has 0 radical (unpaired) electrons. The molecule has 0 saturated carbocycles. The van der Waals surface area contributed by atoms with Crippen molar-refractivity contribution in [2.45, 2.75) is 20.0 Å². The van der Waals surface area contributed by atoms with E-state index in [-0.39, 0.29) is 5.91 Å². The molecule has 90 valence electrons. The molecule has 4 heteroatoms. The van der Waals surface area contributed by atoms with Crippen molar-refractivity contribution < 1.29 is 9.53 Å². The van der Waals surface area contributed by atoms with E-state index in [9.17, 15) is 4.79 Å². The van der Waals surface area contributed by atoms with Gasteiger partial charge in [0, 0.05) is 12.8 Å². The Kier molecular flexibility index (Phi) is 5.18. The van der Waals surface area contributed by atoms with E-state index in [1.54, 1.807) is 19.2 Å². The minimum Gasteiger partial charge on any atom is -0.380 e. The number of hydrogen-bond acceptors (Lipinski definition) is 3. The van der Waals surface area contributed by atoms with Crippen molar-refractivity contribution in [3.05, 3.63) is 29.8 Å². The van der Waals surface area contributed by atoms with Gasteiger partial charge in [-0.3, -0.25) is 4.79 Å². The predicted molar refractivity (Wildman–Crippen MR) is 65.2 cm³/mol. The summed E-state index contributed by atoms with van der Waals surface area (Å²) in [4.78, 5) is 11.6. The lowest BCUT2D eigenvalue weighted by Gasteiger charge is -2.08. The highest BCUT2D eigenvalue weighted by Gasteiger charge is 2.14. The molecule has 1 N–H and O–H groups in total. The zero-order chi connectivity index (χ0) is 12.7. The molecule has 1 aromatic carbocycles. The Bertz CT molecular complexity index is 406. The van der Waals surface area contributed by atoms with Gasteiger partial charge in [0.2, 0.25) is 5.91 Å². The van der Waals surface area contributed by atoms with Crippen LogP contribution in [0, 0.1) is 17.2 Å². The van der Waals surface area contributed by atoms with Crippen LogP contribution in [-0.2, 0) is 16.1 Å². The number of carbonyl (C=O) groups excluding carboxylic acids is 1. The molecule has 0 spiro atoms. The van der Waals surface area contributed by atoms with Crippen molar-refractivity contribution in [3.8, 4) is 6.07 Å². The second-order valence-electron chi connectivity index (χ2n) is 3.71. The molecular formula is C13H16N2O2. The lowest BCUT2D eigenvalue weighted by Crippen LogP contribution is -2.20. The largest absolute Gasteiger partial charge is 0.380 e. The van der Waals surface area contributed by atoms with Crippen LogP contribution in [0.1, 0.15) is 18.9 Å². The van der Waals surface area contributed by atoms with Crippen molar-refractivity contribution in [2.24, 2.45) is 5.92 Å². The lowest BCUT2D eigenvalue weighted by atomic mass is 10.1. The van der Waals surface area contributed by atoms with E-state index in [0.29, 0.717) is 18.7 Å². The summed E-state index contributed by atoms with van der Waals surface area (Å²) in [6.07, 6.45) is 0.518. The number of methoxy groups -OCH3 is 1. The summed E-state index contributed by atoms with van der Waals surface area (Å²) in [5, 5.41) is 11.5. The van der Waals surface area contributed by atoms with Gasteiger partial charge in [-0.15, -0.1) is 0 Å². The van der Waals surface area contributed by atoms with Gasteiger partial charge in [0.15, 0.2) is 0 Å². The Hall–Kier alpha value is -1.86. The molecule has 1 rings (SSSR count). The van der Waals surface area contributed by atoms with Crippen molar-refractivity contribution in [2.75, 3.05) is 12.4 Å². The van der Waals surface area contributed by atoms with Gasteiger partial charge < -0.3 is 10.1 Å². The van der Waals surface area contributed by atoms with Crippen LogP contribution in [0.5, 0.6) is 0 Å². The molecule has 0 bridgehead atoms. The fraction of sp³-hybridized carbons (Fsp3) is 0.385. The third-order valence-corrected chi connectivity index (χ3v) is 2.41. The molecule has 0 aliphatic heterocycles. The predicted octanol–water partition coefficient (Wildman–Crippen LogP) is 2.32. The number of nitriles is 1. The van der Waals surface area contributed by atoms with Crippen LogP contribution >= 0.6 is 0 Å². The molecule has 17 heavy (non-hydrogen) atoms. The maximum Gasteiger partial charge on any atom is 0.241 e. The second-order valence-corrected chi connectivity index (χ2v) is 3.71. The monoisotopic (exact) mass is 232 g/mol. The van der Waals surface area contributed by atoms with Gasteiger partial charge in [0.25, 0.3) is 0 Å². The Morgan fingerprint density at radius 2 is 2.12 bits per heavy atom. The number of hydrogen-bond donors (Lipinski definition) is 1. The summed E-state index contributed by atoms with van der Waals surface area (Å²) in [6.45, 7) is 2.36. The Morgan fingerprint density at radius 3 is 2.59 bits per heavy atom. The number of rotatable bonds is 5. The second kappa shape index (κ2) is 6.66. The minimum absolute atomic E-state index is 0.255. The first kappa shape index (κ1) is 13.2. The summed E-state index contributed by atoms with van der Waals surface area (Å²) in [6, 6.07) is 9.34. The Balaban J connectivity index is 2.63. The average molecular weight is 232 g/mol. The number of nitrogens with zero attached hydrogens (tertiary/aromatic N) is 1. The van der Waals surface area contributed by atoms with Crippen LogP contribution in [0.2, 0.25) is 0 Å². The third kappa shape index (κ3) is 3.89. The van der Waals surface area contributed by atoms with Gasteiger partial charge in [-0.25, -0.2) is 0 Å². The van der Waals surface area contributed by atoms with Crippen LogP contribution in [-0.4, -0.2) is 13.0 Å². The zero-order valence-corrected chi connectivity index (χ0v) is 10.1. The SMILES string of the molecule is CCC(C#N)C(=O)Nc1ccc(COC)cc1. The van der Waals surface area contributed by atoms with Crippen molar-refractivity contribution in [3.63, 3.8) is 0 Å². The van der Waals surface area contributed by atoms with Gasteiger partial charge in [0.1, 0.15) is 5.92 Å². The van der Waals surface area contributed by atoms with E-state index in [2.05, 4.69) is 5.32 Å². The Morgan fingerprint density at radius 1 is 1.47 bits per heavy atom. The molecule has 0 aliphatic rings. The molecule has 0 aliphatic carbocycles. The standard InChI is InChI=1S/C13H16N2O2/c1-3-11(8-14)13(16)15-12-6-4-10(5-7-12)9-17-2/h4-7,11H,3,9H2,1-2H3,(H,15,16). The first-order chi connectivity index (χ1) is 8.21. The van der Waals surface area contributed by atoms with E-state index >= 15 is 0 Å². The number of ether oxygens (including phenoxy) is 1. The normalized spacial score (nSPS) is 11.6. The van der Waals surface area contributed by atoms with Crippen molar-refractivity contribution in [1.82, 2.24) is 0 Å². The van der Waals surface area contributed by atoms with Crippen LogP contribution in [0.3, 0.4) is 0 Å². The minimum atomic E-state index is -0.589. The molecule has 0 fully saturated rings. The van der Waals surface area contributed by atoms with Gasteiger partial charge >= 0.3 is 0 Å². The van der Waals surface area contributed by atoms with Crippen LogP contribution in [0.4, 0.5) is 5.69 Å². The number of amides is 1. The van der Waals surface area contributed by atoms with E-state index in [1.807, 2.05) is 25.1 Å². The third-order valence-electron chi connectivity index (χ3n) is 2.41. The zero-order valence-electron chi connectivity index (χ0n) is 10.1. The maximum atomic E-state index is 11.6. The molecule has 1 unspecified atom stereocenters. The summed E-state index contributed by atoms with van der Waals surface area (Å²) < 4.78 is 4.99. The molecule has 0 heterocycles. The van der Waals surface area contributed by atoms with Gasteiger partial charge in [-0.1, -0.05) is 19.1 Å². The van der Waals surface area contributed by atoms with E-state index in [1.165, 1.54) is 0 Å². The number of benzene rings is 1. The van der Waals surface area contributed by atoms with E-state index in [0.717, 1.165) is 5.56 Å². The molecule has 4 nitrogen and oxygen atoms in total. The van der Waals surface area contributed by atoms with Crippen LogP contribution < -0.4 is 5.32 Å². The first-order valence-electron chi connectivity index (χ1n) is 5.49. The topological polar surface area (TPSA) is 62.1 Å². The van der Waals surface area contributed by atoms with Gasteiger partial charge in [0.05, 0.1) is 12.7 Å². The van der Waals surface area contributed by atoms with Crippen LogP contribution in [0.15, 0.2) is 24.3 Å². The summed E-state index contributed by atoms with van der Waals surface area (Å²) in [5.74, 6) is -0.844. The van der Waals surface area contributed by atoms with Gasteiger partial charge in [-0.2, -0.15) is 5.26 Å². The lowest BCUT2D eigenvalue weighted by molar-refractivity contribution is -0.118. The number of nitrogens with one attached hydrogen (secondary N) is 1. The summed E-state index contributed by atoms with van der Waals surface area (Å²) in [5.41, 5.74) is 1.74. The molecular weight excluding hydrogens is 216 g/mol. The molecule has 0 saturated heterocycles. The van der Waals surface area contributed by atoms with Crippen molar-refractivity contribution >= 4 is 11.6 Å². The summed E-state index contributed by atoms with van der Waals surface area (Å²) in [7, 11) is 1.63. The molecule has 1 amide bonds. The van der Waals surface area contributed by atoms with Crippen LogP contribution in [0.25, 0.3) is 0 Å². The quantitative estimate of drug-likeness (QED) is 0.847. The smallest absolute Gasteiger partial charge is 0.241 e. The highest BCUT2D eigenvalue weighted by atomic mass is 16.5. The fourth-order valence-corrected chi connectivity index (χ4v) is 1.42. The van der Waals surface area contributed by atoms with E-state index < -0.39 is 5.92 Å². The van der Waals surface area contributed by atoms with Crippen molar-refractivity contribution in [1.29, 1.82) is 5.26 Å². The number of anilines is 1. The Labute approximate surface area is 101 Å². The summed E-state index contributed by atoms with van der Waals surface area (Å²) >= 11 is 0. The molecule has 1 aromatic rings. The fourth-order valence-electron chi connectivity index (χ4n) is 1.42. The average Bonchev–Trinajstić information content (AvgIpc) is 2.33. The maximum absolute atomic E-state index is 11.6. The highest BCUT2D eigenvalue weighted by molar-refractivity contribution is 5.94. The number of carbonyl (C=O) groups is 1. The van der Waals surface area contributed by atoms with Gasteiger partial charge in [-0.05, 0) is 24.1 Å².